The lowest BCUT2D eigenvalue weighted by molar-refractivity contribution is 0.0663. The minimum Gasteiger partial charge on any atom is -0.494 e. The highest BCUT2D eigenvalue weighted by molar-refractivity contribution is 5.46. The molecule has 0 radical (unpaired) electrons. The van der Waals surface area contributed by atoms with Crippen molar-refractivity contribution in [3.63, 3.8) is 0 Å². The van der Waals surface area contributed by atoms with Gasteiger partial charge in [0.05, 0.1) is 6.61 Å². The number of nitrogens with zero attached hydrogens (tertiary/aromatic N) is 2. The van der Waals surface area contributed by atoms with E-state index < -0.39 is 6.10 Å². The van der Waals surface area contributed by atoms with Crippen molar-refractivity contribution in [2.45, 2.75) is 13.0 Å². The van der Waals surface area contributed by atoms with E-state index in [1.54, 1.807) is 0 Å². The molecule has 2 aromatic carbocycles. The molecular weight excluding hydrogens is 328 g/mol. The molecule has 1 heterocycles. The molecule has 26 heavy (non-hydrogen) atoms. The summed E-state index contributed by atoms with van der Waals surface area (Å²) in [7, 11) is 0. The van der Waals surface area contributed by atoms with Crippen LogP contribution in [-0.4, -0.2) is 62.0 Å². The van der Waals surface area contributed by atoms with Crippen LogP contribution in [0.1, 0.15) is 6.92 Å². The molecule has 3 rings (SSSR count). The molecule has 5 heteroatoms. The summed E-state index contributed by atoms with van der Waals surface area (Å²) in [5, 5.41) is 10.3. The summed E-state index contributed by atoms with van der Waals surface area (Å²) in [6, 6.07) is 18.0. The first-order valence-corrected chi connectivity index (χ1v) is 9.30. The lowest BCUT2D eigenvalue weighted by atomic mass is 10.2. The summed E-state index contributed by atoms with van der Waals surface area (Å²) in [6.07, 6.45) is -0.496. The van der Waals surface area contributed by atoms with Gasteiger partial charge in [-0.2, -0.15) is 0 Å². The van der Waals surface area contributed by atoms with Gasteiger partial charge in [-0.15, -0.1) is 0 Å². The van der Waals surface area contributed by atoms with Gasteiger partial charge in [0.15, 0.2) is 0 Å². The Morgan fingerprint density at radius 2 is 1.50 bits per heavy atom. The van der Waals surface area contributed by atoms with Gasteiger partial charge in [0.25, 0.3) is 0 Å². The first-order valence-electron chi connectivity index (χ1n) is 9.30. The topological polar surface area (TPSA) is 45.2 Å². The Kier molecular flexibility index (Phi) is 6.75. The van der Waals surface area contributed by atoms with Gasteiger partial charge in [0.2, 0.25) is 0 Å². The van der Waals surface area contributed by atoms with Gasteiger partial charge in [0, 0.05) is 38.4 Å². The summed E-state index contributed by atoms with van der Waals surface area (Å²) in [4.78, 5) is 4.69. The van der Waals surface area contributed by atoms with E-state index in [9.17, 15) is 5.11 Å². The van der Waals surface area contributed by atoms with Crippen LogP contribution in [0.15, 0.2) is 54.6 Å². The molecule has 1 N–H and O–H groups in total. The number of hydrogen-bond acceptors (Lipinski definition) is 5. The van der Waals surface area contributed by atoms with Crippen LogP contribution in [-0.2, 0) is 0 Å². The van der Waals surface area contributed by atoms with Crippen LogP contribution in [0.25, 0.3) is 0 Å². The molecule has 140 valence electrons. The molecule has 1 aliphatic rings. The quantitative estimate of drug-likeness (QED) is 0.788. The first kappa shape index (κ1) is 18.5. The van der Waals surface area contributed by atoms with E-state index in [0.717, 1.165) is 37.7 Å². The Morgan fingerprint density at radius 3 is 2.12 bits per heavy atom. The van der Waals surface area contributed by atoms with Crippen LogP contribution >= 0.6 is 0 Å². The summed E-state index contributed by atoms with van der Waals surface area (Å²) in [5.74, 6) is 1.58. The largest absolute Gasteiger partial charge is 0.494 e. The molecule has 0 bridgehead atoms. The van der Waals surface area contributed by atoms with E-state index in [1.807, 2.05) is 37.3 Å². The molecule has 1 saturated heterocycles. The highest BCUT2D eigenvalue weighted by Crippen LogP contribution is 2.18. The summed E-state index contributed by atoms with van der Waals surface area (Å²) >= 11 is 0. The lowest BCUT2D eigenvalue weighted by Gasteiger charge is -2.36. The third kappa shape index (κ3) is 5.38. The number of aliphatic hydroxyl groups is 1. The van der Waals surface area contributed by atoms with Gasteiger partial charge in [-0.25, -0.2) is 0 Å². The second-order valence-corrected chi connectivity index (χ2v) is 6.49. The molecule has 1 aliphatic heterocycles. The Hall–Kier alpha value is -2.24. The molecule has 2 aromatic rings. The number of anilines is 1. The fraction of sp³-hybridized carbons (Fsp3) is 0.429. The molecule has 0 amide bonds. The van der Waals surface area contributed by atoms with Gasteiger partial charge < -0.3 is 19.5 Å². The average Bonchev–Trinajstić information content (AvgIpc) is 2.69. The van der Waals surface area contributed by atoms with Gasteiger partial charge in [-0.1, -0.05) is 18.2 Å². The second kappa shape index (κ2) is 9.46. The molecule has 0 saturated carbocycles. The zero-order chi connectivity index (χ0) is 18.2. The number of β-amino-alcohol motifs (C(OH)–C–C–N with tert-alkyl or cyclic N) is 1. The number of benzene rings is 2. The van der Waals surface area contributed by atoms with E-state index in [4.69, 9.17) is 9.47 Å². The van der Waals surface area contributed by atoms with Crippen molar-refractivity contribution in [1.29, 1.82) is 0 Å². The standard InChI is InChI=1S/C21H28N2O3/c1-2-25-20-8-10-21(11-9-20)26-17-19(24)16-22-12-14-23(15-13-22)18-6-4-3-5-7-18/h3-11,19,24H,2,12-17H2,1H3. The van der Waals surface area contributed by atoms with Crippen LogP contribution in [0, 0.1) is 0 Å². The van der Waals surface area contributed by atoms with Crippen LogP contribution in [0.3, 0.4) is 0 Å². The number of aliphatic hydroxyl groups excluding tert-OH is 1. The minimum atomic E-state index is -0.496. The zero-order valence-corrected chi connectivity index (χ0v) is 15.4. The first-order chi connectivity index (χ1) is 12.7. The third-order valence-corrected chi connectivity index (χ3v) is 4.54. The van der Waals surface area contributed by atoms with E-state index in [1.165, 1.54) is 5.69 Å². The second-order valence-electron chi connectivity index (χ2n) is 6.49. The normalized spacial score (nSPS) is 16.3. The van der Waals surface area contributed by atoms with Crippen molar-refractivity contribution >= 4 is 5.69 Å². The highest BCUT2D eigenvalue weighted by atomic mass is 16.5. The fourth-order valence-corrected chi connectivity index (χ4v) is 3.17. The molecule has 5 nitrogen and oxygen atoms in total. The van der Waals surface area contributed by atoms with Crippen molar-refractivity contribution in [2.75, 3.05) is 50.8 Å². The SMILES string of the molecule is CCOc1ccc(OCC(O)CN2CCN(c3ccccc3)CC2)cc1. The van der Waals surface area contributed by atoms with Gasteiger partial charge in [-0.05, 0) is 43.3 Å². The van der Waals surface area contributed by atoms with E-state index >= 15 is 0 Å². The molecular formula is C21H28N2O3. The lowest BCUT2D eigenvalue weighted by Crippen LogP contribution is -2.49. The molecule has 1 unspecified atom stereocenters. The smallest absolute Gasteiger partial charge is 0.119 e. The van der Waals surface area contributed by atoms with Crippen molar-refractivity contribution in [2.24, 2.45) is 0 Å². The van der Waals surface area contributed by atoms with Crippen LogP contribution < -0.4 is 14.4 Å². The summed E-state index contributed by atoms with van der Waals surface area (Å²) in [6.45, 7) is 7.42. The van der Waals surface area contributed by atoms with Crippen LogP contribution in [0.4, 0.5) is 5.69 Å². The third-order valence-electron chi connectivity index (χ3n) is 4.54. The number of ether oxygens (including phenoxy) is 2. The average molecular weight is 356 g/mol. The molecule has 1 fully saturated rings. The van der Waals surface area contributed by atoms with Gasteiger partial charge in [-0.3, -0.25) is 4.90 Å². The van der Waals surface area contributed by atoms with Crippen molar-refractivity contribution in [3.05, 3.63) is 54.6 Å². The number of para-hydroxylation sites is 1. The maximum absolute atomic E-state index is 10.3. The Bertz CT molecular complexity index is 640. The maximum atomic E-state index is 10.3. The number of rotatable bonds is 8. The number of hydrogen-bond donors (Lipinski definition) is 1. The zero-order valence-electron chi connectivity index (χ0n) is 15.4. The Morgan fingerprint density at radius 1 is 0.885 bits per heavy atom. The van der Waals surface area contributed by atoms with E-state index in [2.05, 4.69) is 34.1 Å². The maximum Gasteiger partial charge on any atom is 0.119 e. The fourth-order valence-electron chi connectivity index (χ4n) is 3.17. The van der Waals surface area contributed by atoms with E-state index in [0.29, 0.717) is 19.8 Å². The molecule has 0 spiro atoms. The summed E-state index contributed by atoms with van der Waals surface area (Å²) in [5.41, 5.74) is 1.27. The minimum absolute atomic E-state index is 0.298. The van der Waals surface area contributed by atoms with Crippen molar-refractivity contribution < 1.29 is 14.6 Å². The Balaban J connectivity index is 1.38. The van der Waals surface area contributed by atoms with Crippen LogP contribution in [0.2, 0.25) is 0 Å². The monoisotopic (exact) mass is 356 g/mol. The number of piperazine rings is 1. The van der Waals surface area contributed by atoms with Crippen LogP contribution in [0.5, 0.6) is 11.5 Å². The van der Waals surface area contributed by atoms with E-state index in [-0.39, 0.29) is 0 Å². The Labute approximate surface area is 155 Å². The predicted octanol–water partition coefficient (Wildman–Crippen LogP) is 2.65. The van der Waals surface area contributed by atoms with Gasteiger partial charge >= 0.3 is 0 Å². The highest BCUT2D eigenvalue weighted by Gasteiger charge is 2.19. The predicted molar refractivity (Wildman–Crippen MR) is 104 cm³/mol. The molecule has 0 aliphatic carbocycles. The van der Waals surface area contributed by atoms with Crippen molar-refractivity contribution in [1.82, 2.24) is 4.90 Å². The molecule has 0 aromatic heterocycles. The van der Waals surface area contributed by atoms with Crippen molar-refractivity contribution in [3.8, 4) is 11.5 Å². The molecule has 1 atom stereocenters. The summed E-state index contributed by atoms with van der Waals surface area (Å²) < 4.78 is 11.1. The van der Waals surface area contributed by atoms with Gasteiger partial charge in [0.1, 0.15) is 24.2 Å².